The number of likely N-dealkylation sites (N-methyl/N-ethyl adjacent to an activating group) is 1. The highest BCUT2D eigenvalue weighted by molar-refractivity contribution is 7.98. The minimum absolute atomic E-state index is 0.0706. The fourth-order valence-electron chi connectivity index (χ4n) is 8.28. The zero-order valence-electron chi connectivity index (χ0n) is 45.3. The number of rotatable bonds is 30. The lowest BCUT2D eigenvalue weighted by molar-refractivity contribution is -0.145. The zero-order chi connectivity index (χ0) is 57.4. The number of likely N-dealkylation sites (tertiary alicyclic amines) is 1. The molecule has 0 saturated carbocycles. The van der Waals surface area contributed by atoms with Crippen LogP contribution >= 0.6 is 11.8 Å². The predicted molar refractivity (Wildman–Crippen MR) is 287 cm³/mol. The molecule has 77 heavy (non-hydrogen) atoms. The van der Waals surface area contributed by atoms with Crippen LogP contribution in [0.4, 0.5) is 4.79 Å². The molecule has 1 heterocycles. The number of methoxy groups -OCH3 is 1. The Morgan fingerprint density at radius 1 is 0.675 bits per heavy atom. The normalized spacial score (nSPS) is 15.5. The summed E-state index contributed by atoms with van der Waals surface area (Å²) in [5, 5.41) is 15.9. The number of hydrogen-bond donors (Lipinski definition) is 8. The highest BCUT2D eigenvalue weighted by atomic mass is 32.2. The van der Waals surface area contributed by atoms with Gasteiger partial charge in [0.1, 0.15) is 47.9 Å². The maximum absolute atomic E-state index is 14.6. The molecule has 1 saturated heterocycles. The fraction of sp³-hybridized carbons (Fsp3) is 0.566. The molecule has 0 radical (unpaired) electrons. The molecule has 0 unspecified atom stereocenters. The molecule has 0 aliphatic carbocycles. The SMILES string of the molecule is COC(=O)[C@@H](CCSC)NC(=O)[C@H](CC(C)C)NC(=O)CN(C)C(=O)[C@H](Cc1ccccc1)NC(=O)[C@@H](Cc1ccccc1)NC(=O)[C@H](CCC(N)=O)NC(=O)[C@H](CCC(N)=O)NC(=O)[C@@H]1CCCN1C(=O)OC(C)(C)C. The number of primary amides is 2. The summed E-state index contributed by atoms with van der Waals surface area (Å²) in [5.74, 6) is -7.30. The Bertz CT molecular complexity index is 2350. The van der Waals surface area contributed by atoms with Crippen LogP contribution in [0.3, 0.4) is 0 Å². The van der Waals surface area contributed by atoms with Gasteiger partial charge in [-0.05, 0) is 88.3 Å². The van der Waals surface area contributed by atoms with E-state index in [0.29, 0.717) is 23.3 Å². The predicted octanol–water partition coefficient (Wildman–Crippen LogP) is 0.742. The molecule has 0 bridgehead atoms. The molecule has 2 aromatic rings. The number of thioether (sulfide) groups is 1. The summed E-state index contributed by atoms with van der Waals surface area (Å²) in [4.78, 5) is 150. The van der Waals surface area contributed by atoms with Gasteiger partial charge in [-0.3, -0.25) is 48.1 Å². The first kappa shape index (κ1) is 64.0. The Balaban J connectivity index is 1.92. The van der Waals surface area contributed by atoms with Crippen molar-refractivity contribution in [2.24, 2.45) is 17.4 Å². The Labute approximate surface area is 454 Å². The van der Waals surface area contributed by atoms with Gasteiger partial charge >= 0.3 is 12.1 Å². The van der Waals surface area contributed by atoms with E-state index in [1.54, 1.807) is 81.4 Å². The Kier molecular flexibility index (Phi) is 26.4. The number of amides is 10. The van der Waals surface area contributed by atoms with Gasteiger partial charge in [0.15, 0.2) is 0 Å². The average molecular weight is 1100 g/mol. The molecule has 1 aliphatic heterocycles. The monoisotopic (exact) mass is 1090 g/mol. The summed E-state index contributed by atoms with van der Waals surface area (Å²) in [7, 11) is 2.56. The summed E-state index contributed by atoms with van der Waals surface area (Å²) in [6.07, 6.45) is 0.623. The third-order valence-corrected chi connectivity index (χ3v) is 12.8. The number of nitrogens with zero attached hydrogens (tertiary/aromatic N) is 2. The van der Waals surface area contributed by atoms with Crippen LogP contribution in [0.25, 0.3) is 0 Å². The van der Waals surface area contributed by atoms with Gasteiger partial charge in [-0.1, -0.05) is 74.5 Å². The van der Waals surface area contributed by atoms with Crippen molar-refractivity contribution >= 4 is 77.0 Å². The maximum Gasteiger partial charge on any atom is 0.410 e. The molecule has 10 amide bonds. The first-order valence-electron chi connectivity index (χ1n) is 25.6. The van der Waals surface area contributed by atoms with E-state index < -0.39 is 126 Å². The first-order chi connectivity index (χ1) is 36.3. The molecule has 23 nitrogen and oxygen atoms in total. The van der Waals surface area contributed by atoms with E-state index in [9.17, 15) is 52.7 Å². The van der Waals surface area contributed by atoms with E-state index in [4.69, 9.17) is 20.9 Å². The average Bonchev–Trinajstić information content (AvgIpc) is 3.87. The molecule has 0 aromatic heterocycles. The van der Waals surface area contributed by atoms with Crippen LogP contribution in [0.5, 0.6) is 0 Å². The van der Waals surface area contributed by atoms with Crippen LogP contribution in [0.2, 0.25) is 0 Å². The van der Waals surface area contributed by atoms with Crippen molar-refractivity contribution < 1.29 is 62.2 Å². The standard InChI is InChI=1S/C53H78N10O13S/c1-32(2)28-38(47(69)59-37(25-27-77-8)51(73)75-7)56-44(66)31-62(6)50(72)40(30-34-18-13-10-14-19-34)61-48(70)39(29-33-16-11-9-12-17-33)60-46(68)35(21-23-42(54)64)57-45(67)36(22-24-43(55)65)58-49(71)41-20-15-26-63(41)52(74)76-53(3,4)5/h9-14,16-19,32,35-41H,15,20-31H2,1-8H3,(H2,54,64)(H2,55,65)(H,56,66)(H,57,67)(H,58,71)(H,59,69)(H,60,68)(H,61,70)/t35-,36-,37+,38-,39+,40-,41-/m0/s1. The van der Waals surface area contributed by atoms with Crippen molar-refractivity contribution in [3.8, 4) is 0 Å². The van der Waals surface area contributed by atoms with Gasteiger partial charge in [0.2, 0.25) is 53.2 Å². The lowest BCUT2D eigenvalue weighted by Crippen LogP contribution is -2.60. The smallest absolute Gasteiger partial charge is 0.410 e. The number of nitrogens with two attached hydrogens (primary N) is 2. The maximum atomic E-state index is 14.6. The van der Waals surface area contributed by atoms with E-state index in [1.807, 2.05) is 20.1 Å². The van der Waals surface area contributed by atoms with Gasteiger partial charge in [-0.25, -0.2) is 9.59 Å². The molecule has 7 atom stereocenters. The molecule has 24 heteroatoms. The largest absolute Gasteiger partial charge is 0.467 e. The van der Waals surface area contributed by atoms with Gasteiger partial charge in [0.05, 0.1) is 13.7 Å². The van der Waals surface area contributed by atoms with Gasteiger partial charge in [-0.2, -0.15) is 11.8 Å². The van der Waals surface area contributed by atoms with Crippen molar-refractivity contribution in [3.63, 3.8) is 0 Å². The van der Waals surface area contributed by atoms with E-state index in [1.165, 1.54) is 30.8 Å². The van der Waals surface area contributed by atoms with E-state index in [2.05, 4.69) is 31.9 Å². The number of hydrogen-bond acceptors (Lipinski definition) is 14. The van der Waals surface area contributed by atoms with Gasteiger partial charge in [0, 0.05) is 39.3 Å². The molecule has 1 fully saturated rings. The lowest BCUT2D eigenvalue weighted by atomic mass is 10.0. The molecular weight excluding hydrogens is 1020 g/mol. The summed E-state index contributed by atoms with van der Waals surface area (Å²) in [5.41, 5.74) is 11.3. The number of nitrogens with one attached hydrogen (secondary N) is 6. The molecule has 10 N–H and O–H groups in total. The topological polar surface area (TPSA) is 337 Å². The van der Waals surface area contributed by atoms with Crippen molar-refractivity contribution in [2.45, 2.75) is 147 Å². The number of ether oxygens (including phenoxy) is 2. The van der Waals surface area contributed by atoms with Crippen molar-refractivity contribution in [2.75, 3.05) is 39.3 Å². The van der Waals surface area contributed by atoms with Gasteiger partial charge in [-0.15, -0.1) is 0 Å². The van der Waals surface area contributed by atoms with E-state index in [-0.39, 0.29) is 63.8 Å². The summed E-state index contributed by atoms with van der Waals surface area (Å²) in [6, 6.07) is 8.37. The summed E-state index contributed by atoms with van der Waals surface area (Å²) < 4.78 is 10.4. The van der Waals surface area contributed by atoms with Crippen LogP contribution < -0.4 is 43.4 Å². The number of benzene rings is 2. The number of esters is 1. The minimum atomic E-state index is -1.56. The first-order valence-corrected chi connectivity index (χ1v) is 27.0. The molecule has 0 spiro atoms. The number of carbonyl (C=O) groups excluding carboxylic acids is 11. The Morgan fingerprint density at radius 2 is 1.16 bits per heavy atom. The molecule has 1 aliphatic rings. The quantitative estimate of drug-likeness (QED) is 0.0501. The van der Waals surface area contributed by atoms with Crippen LogP contribution in [0, 0.1) is 5.92 Å². The highest BCUT2D eigenvalue weighted by Crippen LogP contribution is 2.22. The molecule has 2 aromatic carbocycles. The summed E-state index contributed by atoms with van der Waals surface area (Å²) >= 11 is 1.48. The van der Waals surface area contributed by atoms with Crippen LogP contribution in [-0.4, -0.2) is 162 Å². The minimum Gasteiger partial charge on any atom is -0.467 e. The van der Waals surface area contributed by atoms with Crippen molar-refractivity contribution in [3.05, 3.63) is 71.8 Å². The molecule has 3 rings (SSSR count). The lowest BCUT2D eigenvalue weighted by Gasteiger charge is -2.30. The van der Waals surface area contributed by atoms with Crippen LogP contribution in [-0.2, 0) is 70.3 Å². The number of carbonyl (C=O) groups is 11. The zero-order valence-corrected chi connectivity index (χ0v) is 46.2. The fourth-order valence-corrected chi connectivity index (χ4v) is 8.76. The van der Waals surface area contributed by atoms with E-state index >= 15 is 0 Å². The van der Waals surface area contributed by atoms with Crippen LogP contribution in [0.1, 0.15) is 97.1 Å². The third-order valence-electron chi connectivity index (χ3n) is 12.1. The second kappa shape index (κ2) is 31.7. The Hall–Kier alpha value is -7.24. The van der Waals surface area contributed by atoms with Crippen molar-refractivity contribution in [1.82, 2.24) is 41.7 Å². The third kappa shape index (κ3) is 22.9. The van der Waals surface area contributed by atoms with Crippen LogP contribution in [0.15, 0.2) is 60.7 Å². The van der Waals surface area contributed by atoms with Gasteiger partial charge in [0.25, 0.3) is 0 Å². The molecule has 424 valence electrons. The highest BCUT2D eigenvalue weighted by Gasteiger charge is 2.39. The van der Waals surface area contributed by atoms with E-state index in [0.717, 1.165) is 4.90 Å². The van der Waals surface area contributed by atoms with Crippen molar-refractivity contribution in [1.29, 1.82) is 0 Å². The summed E-state index contributed by atoms with van der Waals surface area (Å²) in [6.45, 7) is 8.37. The Morgan fingerprint density at radius 3 is 1.66 bits per heavy atom. The second-order valence-electron chi connectivity index (χ2n) is 20.3. The molecular formula is C53H78N10O13S. The van der Waals surface area contributed by atoms with Gasteiger partial charge < -0.3 is 57.7 Å². The second-order valence-corrected chi connectivity index (χ2v) is 21.3.